The van der Waals surface area contributed by atoms with Crippen molar-refractivity contribution in [3.05, 3.63) is 0 Å². The van der Waals surface area contributed by atoms with Crippen LogP contribution in [0, 0.1) is 0 Å². The molecular formula is C9H36O2Si2. The molecule has 0 aliphatic carbocycles. The molecule has 0 aromatic heterocycles. The second-order valence-electron chi connectivity index (χ2n) is 1.19. The minimum atomic E-state index is 0. The van der Waals surface area contributed by atoms with Crippen LogP contribution in [0.4, 0.5) is 0 Å². The predicted molar refractivity (Wildman–Crippen MR) is 77.4 cm³/mol. The van der Waals surface area contributed by atoms with Gasteiger partial charge in [0.1, 0.15) is 10.5 Å². The topological polar surface area (TPSA) is 21.8 Å². The number of epoxide rings is 1. The molecule has 92 valence electrons. The highest BCUT2D eigenvalue weighted by Crippen LogP contribution is 1.84. The first kappa shape index (κ1) is 50.5. The van der Waals surface area contributed by atoms with Crippen LogP contribution in [0.25, 0.3) is 0 Å². The van der Waals surface area contributed by atoms with Gasteiger partial charge in [-0.05, 0) is 17.9 Å². The standard InChI is InChI=1S/C2H8OSi.C2H4O.5CH4.H4Si/c1-2-3-4;1-2-3-1;;;;;;/h2H2,1,4H3;1-2H2;6*1H4. The lowest BCUT2D eigenvalue weighted by atomic mass is 10.9. The fourth-order valence-corrected chi connectivity index (χ4v) is 0. The molecule has 0 radical (unpaired) electrons. The van der Waals surface area contributed by atoms with Crippen molar-refractivity contribution in [2.45, 2.75) is 44.1 Å². The Bertz CT molecular complexity index is 32.0. The van der Waals surface area contributed by atoms with E-state index in [0.717, 1.165) is 30.3 Å². The van der Waals surface area contributed by atoms with Crippen LogP contribution < -0.4 is 0 Å². The number of hydrogen-bond acceptors (Lipinski definition) is 2. The van der Waals surface area contributed by atoms with Gasteiger partial charge in [0, 0.05) is 6.61 Å². The Morgan fingerprint density at radius 1 is 1.08 bits per heavy atom. The summed E-state index contributed by atoms with van der Waals surface area (Å²) >= 11 is 0. The average molecular weight is 233 g/mol. The van der Waals surface area contributed by atoms with E-state index in [1.165, 1.54) is 0 Å². The first-order valence-corrected chi connectivity index (χ1v) is 3.30. The zero-order chi connectivity index (χ0) is 5.54. The summed E-state index contributed by atoms with van der Waals surface area (Å²) in [5.74, 6) is 0. The monoisotopic (exact) mass is 232 g/mol. The van der Waals surface area contributed by atoms with Crippen LogP contribution in [0.5, 0.6) is 0 Å². The maximum atomic E-state index is 4.68. The summed E-state index contributed by atoms with van der Waals surface area (Å²) in [5, 5.41) is 0. The first-order valence-electron chi connectivity index (χ1n) is 2.48. The Balaban J connectivity index is -0.00000000760. The molecule has 1 fully saturated rings. The normalized spacial score (nSPS) is 8.08. The summed E-state index contributed by atoms with van der Waals surface area (Å²) in [5.41, 5.74) is 0. The molecule has 0 unspecified atom stereocenters. The molecule has 0 atom stereocenters. The van der Waals surface area contributed by atoms with Gasteiger partial charge < -0.3 is 9.16 Å². The van der Waals surface area contributed by atoms with E-state index >= 15 is 0 Å². The van der Waals surface area contributed by atoms with E-state index in [1.54, 1.807) is 0 Å². The maximum absolute atomic E-state index is 4.68. The molecule has 0 N–H and O–H groups in total. The number of rotatable bonds is 1. The van der Waals surface area contributed by atoms with Crippen LogP contribution >= 0.6 is 0 Å². The van der Waals surface area contributed by atoms with Crippen molar-refractivity contribution in [1.82, 2.24) is 0 Å². The molecule has 1 aliphatic rings. The molecule has 0 bridgehead atoms. The minimum Gasteiger partial charge on any atom is -0.428 e. The molecule has 1 heterocycles. The van der Waals surface area contributed by atoms with E-state index in [4.69, 9.17) is 0 Å². The van der Waals surface area contributed by atoms with E-state index < -0.39 is 0 Å². The van der Waals surface area contributed by atoms with Gasteiger partial charge in [0.2, 0.25) is 0 Å². The average Bonchev–Trinajstić information content (AvgIpc) is 2.47. The van der Waals surface area contributed by atoms with E-state index in [9.17, 15) is 0 Å². The van der Waals surface area contributed by atoms with Crippen LogP contribution in [0.15, 0.2) is 0 Å². The predicted octanol–water partition coefficient (Wildman–Crippen LogP) is 1.05. The molecule has 1 aliphatic heterocycles. The highest BCUT2D eigenvalue weighted by Gasteiger charge is 1.94. The summed E-state index contributed by atoms with van der Waals surface area (Å²) in [7, 11) is 0.890. The Kier molecular flexibility index (Phi) is 216. The van der Waals surface area contributed by atoms with Gasteiger partial charge in [-0.1, -0.05) is 37.1 Å². The summed E-state index contributed by atoms with van der Waals surface area (Å²) in [6.07, 6.45) is 0. The van der Waals surface area contributed by atoms with Crippen LogP contribution in [-0.4, -0.2) is 41.3 Å². The molecule has 0 saturated carbocycles. The third kappa shape index (κ3) is 239. The molecule has 4 heteroatoms. The van der Waals surface area contributed by atoms with Crippen LogP contribution in [0.2, 0.25) is 0 Å². The summed E-state index contributed by atoms with van der Waals surface area (Å²) < 4.78 is 9.18. The molecule has 0 aromatic carbocycles. The molecular weight excluding hydrogens is 196 g/mol. The van der Waals surface area contributed by atoms with Gasteiger partial charge in [0.25, 0.3) is 0 Å². The van der Waals surface area contributed by atoms with Crippen molar-refractivity contribution < 1.29 is 9.16 Å². The third-order valence-corrected chi connectivity index (χ3v) is 1.07. The van der Waals surface area contributed by atoms with Crippen molar-refractivity contribution in [2.75, 3.05) is 19.8 Å². The second-order valence-corrected chi connectivity index (χ2v) is 1.77. The van der Waals surface area contributed by atoms with Crippen LogP contribution in [-0.2, 0) is 9.16 Å². The van der Waals surface area contributed by atoms with E-state index in [1.807, 2.05) is 6.92 Å². The van der Waals surface area contributed by atoms with E-state index in [2.05, 4.69) is 9.16 Å². The summed E-state index contributed by atoms with van der Waals surface area (Å²) in [6.45, 7) is 4.87. The lowest BCUT2D eigenvalue weighted by Gasteiger charge is -1.77. The minimum absolute atomic E-state index is 0. The van der Waals surface area contributed by atoms with Gasteiger partial charge in [-0.25, -0.2) is 0 Å². The lowest BCUT2D eigenvalue weighted by molar-refractivity contribution is 0.375. The Labute approximate surface area is 95.0 Å². The first-order chi connectivity index (χ1) is 3.41. The SMILES string of the molecule is C.C.C.C.C.C1CO1.CCO[SiH3].[SiH4]. The van der Waals surface area contributed by atoms with Gasteiger partial charge in [0.15, 0.2) is 0 Å². The largest absolute Gasteiger partial charge is 0.428 e. The lowest BCUT2D eigenvalue weighted by Crippen LogP contribution is -1.76. The molecule has 1 saturated heterocycles. The van der Waals surface area contributed by atoms with Crippen molar-refractivity contribution in [2.24, 2.45) is 0 Å². The fraction of sp³-hybridized carbons (Fsp3) is 1.00. The highest BCUT2D eigenvalue weighted by molar-refractivity contribution is 5.97. The number of ether oxygens (including phenoxy) is 1. The smallest absolute Gasteiger partial charge is 0.145 e. The molecule has 0 spiro atoms. The fourth-order valence-electron chi connectivity index (χ4n) is 0. The van der Waals surface area contributed by atoms with Gasteiger partial charge >= 0.3 is 0 Å². The van der Waals surface area contributed by atoms with E-state index in [-0.39, 0.29) is 48.1 Å². The molecule has 2 nitrogen and oxygen atoms in total. The van der Waals surface area contributed by atoms with Crippen molar-refractivity contribution in [3.8, 4) is 0 Å². The van der Waals surface area contributed by atoms with Gasteiger partial charge in [-0.15, -0.1) is 0 Å². The molecule has 1 rings (SSSR count). The molecule has 0 aromatic rings. The maximum Gasteiger partial charge on any atom is 0.145 e. The zero-order valence-corrected chi connectivity index (χ0v) is 6.94. The van der Waals surface area contributed by atoms with Crippen LogP contribution in [0.1, 0.15) is 44.1 Å². The molecule has 0 amide bonds. The Hall–Kier alpha value is 0.354. The Morgan fingerprint density at radius 2 is 1.23 bits per heavy atom. The zero-order valence-electron chi connectivity index (χ0n) is 4.94. The Morgan fingerprint density at radius 3 is 1.23 bits per heavy atom. The quantitative estimate of drug-likeness (QED) is 0.498. The second kappa shape index (κ2) is 55.6. The van der Waals surface area contributed by atoms with Gasteiger partial charge in [0.05, 0.1) is 13.2 Å². The third-order valence-electron chi connectivity index (χ3n) is 0.493. The number of hydrogen-bond donors (Lipinski definition) is 0. The highest BCUT2D eigenvalue weighted by atomic mass is 28.2. The summed E-state index contributed by atoms with van der Waals surface area (Å²) in [6, 6.07) is 0. The van der Waals surface area contributed by atoms with Crippen molar-refractivity contribution in [1.29, 1.82) is 0 Å². The van der Waals surface area contributed by atoms with Crippen molar-refractivity contribution >= 4 is 21.5 Å². The van der Waals surface area contributed by atoms with Gasteiger partial charge in [-0.2, -0.15) is 0 Å². The molecule has 13 heavy (non-hydrogen) atoms. The van der Waals surface area contributed by atoms with Crippen LogP contribution in [0.3, 0.4) is 0 Å². The van der Waals surface area contributed by atoms with Gasteiger partial charge in [-0.3, -0.25) is 0 Å². The summed E-state index contributed by atoms with van der Waals surface area (Å²) in [4.78, 5) is 0. The van der Waals surface area contributed by atoms with Crippen molar-refractivity contribution in [3.63, 3.8) is 0 Å². The van der Waals surface area contributed by atoms with E-state index in [0.29, 0.717) is 0 Å².